The molecule has 0 aromatic carbocycles. The molecular formula is C17H21NS. The zero-order chi connectivity index (χ0) is 13.4. The van der Waals surface area contributed by atoms with Gasteiger partial charge in [-0.1, -0.05) is 19.9 Å². The lowest BCUT2D eigenvalue weighted by atomic mass is 9.91. The molecule has 2 bridgehead atoms. The highest BCUT2D eigenvalue weighted by atomic mass is 32.1. The second-order valence-corrected chi connectivity index (χ2v) is 6.24. The summed E-state index contributed by atoms with van der Waals surface area (Å²) in [6.07, 6.45) is 4.09. The molecule has 0 spiro atoms. The van der Waals surface area contributed by atoms with E-state index in [9.17, 15) is 0 Å². The number of rotatable bonds is 1. The SMILES string of the molecule is CC.Cc1cc(-c2cccs2)c2c(n1)C1CCC2C1. The number of fused-ring (bicyclic) bond motifs is 5. The summed E-state index contributed by atoms with van der Waals surface area (Å²) in [4.78, 5) is 6.23. The molecule has 0 amide bonds. The molecule has 0 saturated heterocycles. The van der Waals surface area contributed by atoms with Gasteiger partial charge >= 0.3 is 0 Å². The standard InChI is InChI=1S/C15H15NS.C2H6/c1-9-7-12(13-3-2-6-17-13)14-10-4-5-11(8-10)15(14)16-9;1-2/h2-3,6-7,10-11H,4-5,8H2,1H3;1-2H3. The summed E-state index contributed by atoms with van der Waals surface area (Å²) in [5.41, 5.74) is 5.65. The highest BCUT2D eigenvalue weighted by Gasteiger charge is 2.40. The van der Waals surface area contributed by atoms with Gasteiger partial charge in [0.1, 0.15) is 0 Å². The average Bonchev–Trinajstić information content (AvgIpc) is 3.17. The molecule has 2 aliphatic rings. The molecule has 2 aromatic heterocycles. The first-order valence-corrected chi connectivity index (χ1v) is 8.26. The van der Waals surface area contributed by atoms with E-state index in [0.717, 1.165) is 11.8 Å². The third kappa shape index (κ3) is 2.02. The van der Waals surface area contributed by atoms with Gasteiger partial charge in [-0.2, -0.15) is 0 Å². The van der Waals surface area contributed by atoms with E-state index in [1.807, 2.05) is 25.2 Å². The number of thiophene rings is 1. The van der Waals surface area contributed by atoms with Crippen molar-refractivity contribution in [3.05, 3.63) is 40.5 Å². The minimum absolute atomic E-state index is 0.758. The fourth-order valence-corrected chi connectivity index (χ4v) is 4.33. The monoisotopic (exact) mass is 271 g/mol. The largest absolute Gasteiger partial charge is 0.258 e. The average molecular weight is 271 g/mol. The van der Waals surface area contributed by atoms with Crippen LogP contribution in [0, 0.1) is 6.92 Å². The van der Waals surface area contributed by atoms with Crippen LogP contribution >= 0.6 is 11.3 Å². The Kier molecular flexibility index (Phi) is 3.44. The molecule has 2 aromatic rings. The Hall–Kier alpha value is -1.15. The van der Waals surface area contributed by atoms with Crippen LogP contribution in [0.4, 0.5) is 0 Å². The smallest absolute Gasteiger partial charge is 0.0479 e. The van der Waals surface area contributed by atoms with Gasteiger partial charge in [0, 0.05) is 22.2 Å². The summed E-state index contributed by atoms with van der Waals surface area (Å²) in [7, 11) is 0. The molecule has 2 aliphatic carbocycles. The van der Waals surface area contributed by atoms with Gasteiger partial charge < -0.3 is 0 Å². The molecular weight excluding hydrogens is 250 g/mol. The number of nitrogens with zero attached hydrogens (tertiary/aromatic N) is 1. The van der Waals surface area contributed by atoms with Gasteiger partial charge in [0.2, 0.25) is 0 Å². The Balaban J connectivity index is 0.000000528. The van der Waals surface area contributed by atoms with Crippen molar-refractivity contribution < 1.29 is 0 Å². The van der Waals surface area contributed by atoms with Gasteiger partial charge in [0.25, 0.3) is 0 Å². The minimum atomic E-state index is 0.758. The van der Waals surface area contributed by atoms with Crippen molar-refractivity contribution >= 4 is 11.3 Å². The lowest BCUT2D eigenvalue weighted by Crippen LogP contribution is -2.04. The van der Waals surface area contributed by atoms with Crippen LogP contribution in [0.15, 0.2) is 23.6 Å². The quantitative estimate of drug-likeness (QED) is 0.666. The Bertz CT molecular complexity index is 571. The first kappa shape index (κ1) is 12.9. The van der Waals surface area contributed by atoms with E-state index in [2.05, 4.69) is 30.5 Å². The van der Waals surface area contributed by atoms with E-state index >= 15 is 0 Å². The maximum Gasteiger partial charge on any atom is 0.0479 e. The molecule has 4 rings (SSSR count). The van der Waals surface area contributed by atoms with E-state index in [0.29, 0.717) is 0 Å². The van der Waals surface area contributed by atoms with Crippen LogP contribution < -0.4 is 0 Å². The Labute approximate surface area is 119 Å². The normalized spacial score (nSPS) is 22.9. The third-order valence-corrected chi connectivity index (χ3v) is 5.13. The highest BCUT2D eigenvalue weighted by molar-refractivity contribution is 7.13. The number of aromatic nitrogens is 1. The molecule has 1 fully saturated rings. The maximum atomic E-state index is 4.81. The van der Waals surface area contributed by atoms with Crippen LogP contribution in [0.1, 0.15) is 61.9 Å². The van der Waals surface area contributed by atoms with E-state index in [-0.39, 0.29) is 0 Å². The molecule has 0 radical (unpaired) electrons. The van der Waals surface area contributed by atoms with Crippen molar-refractivity contribution in [1.82, 2.24) is 4.98 Å². The predicted molar refractivity (Wildman–Crippen MR) is 83.0 cm³/mol. The van der Waals surface area contributed by atoms with Crippen molar-refractivity contribution in [3.8, 4) is 10.4 Å². The molecule has 0 aliphatic heterocycles. The number of pyridine rings is 1. The predicted octanol–water partition coefficient (Wildman–Crippen LogP) is 5.51. The molecule has 19 heavy (non-hydrogen) atoms. The lowest BCUT2D eigenvalue weighted by Gasteiger charge is -2.18. The van der Waals surface area contributed by atoms with Crippen LogP contribution in [-0.2, 0) is 0 Å². The Morgan fingerprint density at radius 3 is 2.74 bits per heavy atom. The molecule has 100 valence electrons. The van der Waals surface area contributed by atoms with Crippen LogP contribution in [0.2, 0.25) is 0 Å². The first-order valence-electron chi connectivity index (χ1n) is 7.38. The van der Waals surface area contributed by atoms with Crippen LogP contribution in [0.5, 0.6) is 0 Å². The van der Waals surface area contributed by atoms with Gasteiger partial charge in [0.05, 0.1) is 0 Å². The van der Waals surface area contributed by atoms with Gasteiger partial charge in [-0.15, -0.1) is 11.3 Å². The maximum absolute atomic E-state index is 4.81. The number of aryl methyl sites for hydroxylation is 1. The van der Waals surface area contributed by atoms with Crippen molar-refractivity contribution in [2.45, 2.75) is 51.9 Å². The number of hydrogen-bond acceptors (Lipinski definition) is 2. The summed E-state index contributed by atoms with van der Waals surface area (Å²) in [5.74, 6) is 1.55. The van der Waals surface area contributed by atoms with Crippen molar-refractivity contribution in [2.75, 3.05) is 0 Å². The molecule has 2 atom stereocenters. The minimum Gasteiger partial charge on any atom is -0.258 e. The van der Waals surface area contributed by atoms with Gasteiger partial charge in [-0.25, -0.2) is 0 Å². The fourth-order valence-electron chi connectivity index (χ4n) is 3.58. The summed E-state index contributed by atoms with van der Waals surface area (Å²) >= 11 is 1.85. The zero-order valence-electron chi connectivity index (χ0n) is 11.9. The second kappa shape index (κ2) is 5.09. The summed E-state index contributed by atoms with van der Waals surface area (Å²) in [6.45, 7) is 6.13. The van der Waals surface area contributed by atoms with Crippen molar-refractivity contribution in [2.24, 2.45) is 0 Å². The molecule has 0 N–H and O–H groups in total. The van der Waals surface area contributed by atoms with E-state index in [1.165, 1.54) is 41.1 Å². The second-order valence-electron chi connectivity index (χ2n) is 5.29. The fraction of sp³-hybridized carbons (Fsp3) is 0.471. The van der Waals surface area contributed by atoms with Crippen LogP contribution in [0.25, 0.3) is 10.4 Å². The molecule has 2 heterocycles. The van der Waals surface area contributed by atoms with E-state index < -0.39 is 0 Å². The molecule has 2 unspecified atom stereocenters. The summed E-state index contributed by atoms with van der Waals surface area (Å²) < 4.78 is 0. The summed E-state index contributed by atoms with van der Waals surface area (Å²) in [6, 6.07) is 6.67. The van der Waals surface area contributed by atoms with Crippen LogP contribution in [0.3, 0.4) is 0 Å². The van der Waals surface area contributed by atoms with Crippen molar-refractivity contribution in [1.29, 1.82) is 0 Å². The topological polar surface area (TPSA) is 12.9 Å². The third-order valence-electron chi connectivity index (χ3n) is 4.23. The molecule has 1 saturated carbocycles. The highest BCUT2D eigenvalue weighted by Crippen LogP contribution is 2.55. The Morgan fingerprint density at radius 2 is 2.00 bits per heavy atom. The lowest BCUT2D eigenvalue weighted by molar-refractivity contribution is 0.695. The van der Waals surface area contributed by atoms with E-state index in [1.54, 1.807) is 5.56 Å². The first-order chi connectivity index (χ1) is 9.33. The molecule has 2 heteroatoms. The van der Waals surface area contributed by atoms with Gasteiger partial charge in [0.15, 0.2) is 0 Å². The van der Waals surface area contributed by atoms with E-state index in [4.69, 9.17) is 4.98 Å². The summed E-state index contributed by atoms with van der Waals surface area (Å²) in [5, 5.41) is 2.17. The van der Waals surface area contributed by atoms with Crippen LogP contribution in [-0.4, -0.2) is 4.98 Å². The number of hydrogen-bond donors (Lipinski definition) is 0. The Morgan fingerprint density at radius 1 is 1.21 bits per heavy atom. The molecule has 1 nitrogen and oxygen atoms in total. The van der Waals surface area contributed by atoms with Gasteiger partial charge in [-0.3, -0.25) is 4.98 Å². The zero-order valence-corrected chi connectivity index (χ0v) is 12.8. The van der Waals surface area contributed by atoms with Gasteiger partial charge in [-0.05, 0) is 60.7 Å². The van der Waals surface area contributed by atoms with Crippen molar-refractivity contribution in [3.63, 3.8) is 0 Å².